The summed E-state index contributed by atoms with van der Waals surface area (Å²) in [7, 11) is 0. The largest absolute Gasteiger partial charge is 0.455 e. The minimum atomic E-state index is -0.114. The normalized spacial score (nSPS) is 10.3. The molecule has 0 spiro atoms. The van der Waals surface area contributed by atoms with E-state index in [4.69, 9.17) is 50.7 Å². The monoisotopic (exact) mass is 314 g/mol. The molecule has 2 rings (SSSR count). The summed E-state index contributed by atoms with van der Waals surface area (Å²) < 4.78 is 5.64. The fraction of sp³-hybridized carbons (Fsp3) is 0. The molecule has 0 aliphatic carbocycles. The van der Waals surface area contributed by atoms with Crippen LogP contribution in [0.3, 0.4) is 0 Å². The van der Waals surface area contributed by atoms with Crippen LogP contribution in [0.1, 0.15) is 5.56 Å². The van der Waals surface area contributed by atoms with Gasteiger partial charge in [-0.25, -0.2) is 0 Å². The van der Waals surface area contributed by atoms with E-state index in [1.54, 1.807) is 36.4 Å². The Morgan fingerprint density at radius 3 is 2.21 bits per heavy atom. The van der Waals surface area contributed by atoms with Gasteiger partial charge in [0.25, 0.3) is 0 Å². The van der Waals surface area contributed by atoms with Crippen molar-refractivity contribution in [3.8, 4) is 11.5 Å². The Bertz CT molecular complexity index is 644. The first-order valence-electron chi connectivity index (χ1n) is 5.24. The molecule has 0 saturated heterocycles. The standard InChI is InChI=1S/C13H9Cl3N2O/c14-7-2-4-11(10(16)5-7)19-12-6-8(15)1-3-9(12)13(17)18/h1-6H,(H3,17,18). The van der Waals surface area contributed by atoms with E-state index < -0.39 is 0 Å². The van der Waals surface area contributed by atoms with E-state index in [9.17, 15) is 0 Å². The topological polar surface area (TPSA) is 59.1 Å². The SMILES string of the molecule is N=C(N)c1ccc(Cl)cc1Oc1ccc(Cl)cc1Cl. The summed E-state index contributed by atoms with van der Waals surface area (Å²) in [5.41, 5.74) is 5.93. The van der Waals surface area contributed by atoms with Crippen LogP contribution < -0.4 is 10.5 Å². The van der Waals surface area contributed by atoms with E-state index in [0.29, 0.717) is 32.1 Å². The molecule has 0 unspecified atom stereocenters. The number of rotatable bonds is 3. The summed E-state index contributed by atoms with van der Waals surface area (Å²) in [5.74, 6) is 0.664. The number of amidine groups is 1. The molecule has 0 aliphatic rings. The van der Waals surface area contributed by atoms with Crippen molar-refractivity contribution in [1.29, 1.82) is 5.41 Å². The van der Waals surface area contributed by atoms with Gasteiger partial charge in [0, 0.05) is 16.1 Å². The number of benzene rings is 2. The van der Waals surface area contributed by atoms with Gasteiger partial charge >= 0.3 is 0 Å². The smallest absolute Gasteiger partial charge is 0.146 e. The maximum absolute atomic E-state index is 7.50. The Labute approximate surface area is 125 Å². The molecule has 0 aliphatic heterocycles. The van der Waals surface area contributed by atoms with Gasteiger partial charge in [0.2, 0.25) is 0 Å². The molecule has 2 aromatic rings. The quantitative estimate of drug-likeness (QED) is 0.636. The zero-order valence-electron chi connectivity index (χ0n) is 9.58. The summed E-state index contributed by atoms with van der Waals surface area (Å²) in [4.78, 5) is 0. The van der Waals surface area contributed by atoms with Gasteiger partial charge in [-0.3, -0.25) is 5.41 Å². The van der Waals surface area contributed by atoms with Crippen molar-refractivity contribution in [2.75, 3.05) is 0 Å². The minimum Gasteiger partial charge on any atom is -0.455 e. The molecule has 3 N–H and O–H groups in total. The van der Waals surface area contributed by atoms with Crippen LogP contribution in [0.4, 0.5) is 0 Å². The van der Waals surface area contributed by atoms with Crippen molar-refractivity contribution in [3.63, 3.8) is 0 Å². The Balaban J connectivity index is 2.42. The molecule has 0 radical (unpaired) electrons. The third-order valence-corrected chi connectivity index (χ3v) is 3.11. The highest BCUT2D eigenvalue weighted by Crippen LogP contribution is 2.34. The molecule has 0 saturated carbocycles. The molecule has 98 valence electrons. The zero-order chi connectivity index (χ0) is 14.0. The molecule has 6 heteroatoms. The molecule has 0 atom stereocenters. The molecule has 0 heterocycles. The molecule has 2 aromatic carbocycles. The first-order chi connectivity index (χ1) is 8.97. The van der Waals surface area contributed by atoms with Gasteiger partial charge in [-0.05, 0) is 30.3 Å². The summed E-state index contributed by atoms with van der Waals surface area (Å²) in [6.07, 6.45) is 0. The summed E-state index contributed by atoms with van der Waals surface area (Å²) in [6.45, 7) is 0. The van der Waals surface area contributed by atoms with E-state index in [0.717, 1.165) is 0 Å². The van der Waals surface area contributed by atoms with Gasteiger partial charge in [-0.15, -0.1) is 0 Å². The Kier molecular flexibility index (Phi) is 4.20. The summed E-state index contributed by atoms with van der Waals surface area (Å²) in [5, 5.41) is 8.85. The lowest BCUT2D eigenvalue weighted by atomic mass is 10.2. The van der Waals surface area contributed by atoms with Gasteiger partial charge in [-0.2, -0.15) is 0 Å². The van der Waals surface area contributed by atoms with E-state index in [2.05, 4.69) is 0 Å². The van der Waals surface area contributed by atoms with E-state index in [-0.39, 0.29) is 5.84 Å². The second-order valence-corrected chi connectivity index (χ2v) is 5.01. The van der Waals surface area contributed by atoms with Crippen LogP contribution in [-0.2, 0) is 0 Å². The average Bonchev–Trinajstić information content (AvgIpc) is 2.32. The van der Waals surface area contributed by atoms with Crippen LogP contribution in [0.2, 0.25) is 15.1 Å². The van der Waals surface area contributed by atoms with Crippen molar-refractivity contribution in [2.24, 2.45) is 5.73 Å². The fourth-order valence-corrected chi connectivity index (χ4v) is 2.09. The van der Waals surface area contributed by atoms with Crippen molar-refractivity contribution in [3.05, 3.63) is 57.0 Å². The Hall–Kier alpha value is -1.42. The van der Waals surface area contributed by atoms with E-state index in [1.165, 1.54) is 0 Å². The van der Waals surface area contributed by atoms with E-state index >= 15 is 0 Å². The number of nitrogen functional groups attached to an aromatic ring is 1. The summed E-state index contributed by atoms with van der Waals surface area (Å²) in [6, 6.07) is 9.67. The van der Waals surface area contributed by atoms with Crippen LogP contribution >= 0.6 is 34.8 Å². The van der Waals surface area contributed by atoms with Gasteiger partial charge in [0.05, 0.1) is 10.6 Å². The van der Waals surface area contributed by atoms with Crippen LogP contribution in [0, 0.1) is 5.41 Å². The van der Waals surface area contributed by atoms with Gasteiger partial charge in [0.1, 0.15) is 17.3 Å². The van der Waals surface area contributed by atoms with Crippen LogP contribution in [-0.4, -0.2) is 5.84 Å². The van der Waals surface area contributed by atoms with Crippen molar-refractivity contribution >= 4 is 40.6 Å². The van der Waals surface area contributed by atoms with Crippen LogP contribution in [0.25, 0.3) is 0 Å². The highest BCUT2D eigenvalue weighted by Gasteiger charge is 2.11. The molecule has 3 nitrogen and oxygen atoms in total. The lowest BCUT2D eigenvalue weighted by Crippen LogP contribution is -2.12. The van der Waals surface area contributed by atoms with Crippen LogP contribution in [0.5, 0.6) is 11.5 Å². The van der Waals surface area contributed by atoms with Crippen molar-refractivity contribution < 1.29 is 4.74 Å². The number of nitrogens with two attached hydrogens (primary N) is 1. The summed E-state index contributed by atoms with van der Waals surface area (Å²) >= 11 is 17.7. The molecule has 0 bridgehead atoms. The maximum Gasteiger partial charge on any atom is 0.146 e. The van der Waals surface area contributed by atoms with Crippen molar-refractivity contribution in [2.45, 2.75) is 0 Å². The first-order valence-corrected chi connectivity index (χ1v) is 6.37. The number of hydrogen-bond donors (Lipinski definition) is 2. The predicted molar refractivity (Wildman–Crippen MR) is 79.0 cm³/mol. The van der Waals surface area contributed by atoms with Gasteiger partial charge < -0.3 is 10.5 Å². The lowest BCUT2D eigenvalue weighted by molar-refractivity contribution is 0.482. The van der Waals surface area contributed by atoms with Gasteiger partial charge in [-0.1, -0.05) is 34.8 Å². The highest BCUT2D eigenvalue weighted by atomic mass is 35.5. The van der Waals surface area contributed by atoms with Crippen LogP contribution in [0.15, 0.2) is 36.4 Å². The Morgan fingerprint density at radius 2 is 1.58 bits per heavy atom. The van der Waals surface area contributed by atoms with Gasteiger partial charge in [0.15, 0.2) is 0 Å². The third kappa shape index (κ3) is 3.32. The third-order valence-electron chi connectivity index (χ3n) is 2.35. The number of ether oxygens (including phenoxy) is 1. The maximum atomic E-state index is 7.50. The predicted octanol–water partition coefficient (Wildman–Crippen LogP) is 4.72. The second kappa shape index (κ2) is 5.70. The fourth-order valence-electron chi connectivity index (χ4n) is 1.48. The first kappa shape index (κ1) is 14.0. The van der Waals surface area contributed by atoms with Crippen molar-refractivity contribution in [1.82, 2.24) is 0 Å². The second-order valence-electron chi connectivity index (χ2n) is 3.73. The molecular formula is C13H9Cl3N2O. The molecule has 0 amide bonds. The lowest BCUT2D eigenvalue weighted by Gasteiger charge is -2.12. The zero-order valence-corrected chi connectivity index (χ0v) is 11.9. The average molecular weight is 316 g/mol. The molecule has 0 aromatic heterocycles. The Morgan fingerprint density at radius 1 is 0.947 bits per heavy atom. The molecule has 19 heavy (non-hydrogen) atoms. The van der Waals surface area contributed by atoms with E-state index in [1.807, 2.05) is 0 Å². The molecular weight excluding hydrogens is 307 g/mol. The number of nitrogens with one attached hydrogen (secondary N) is 1. The molecule has 0 fully saturated rings. The number of halogens is 3. The highest BCUT2D eigenvalue weighted by molar-refractivity contribution is 6.35. The minimum absolute atomic E-state index is 0.114. The number of hydrogen-bond acceptors (Lipinski definition) is 2.